The Hall–Kier alpha value is -1.82. The monoisotopic (exact) mass is 247 g/mol. The lowest BCUT2D eigenvalue weighted by molar-refractivity contribution is 0.706. The summed E-state index contributed by atoms with van der Waals surface area (Å²) in [4.78, 5) is 12.6. The van der Waals surface area contributed by atoms with Crippen LogP contribution in [0.3, 0.4) is 0 Å². The van der Waals surface area contributed by atoms with Gasteiger partial charge in [0.05, 0.1) is 12.2 Å². The van der Waals surface area contributed by atoms with Crippen molar-refractivity contribution in [2.45, 2.75) is 13.5 Å². The van der Waals surface area contributed by atoms with Gasteiger partial charge in [0.25, 0.3) is 0 Å². The smallest absolute Gasteiger partial charge is 0.226 e. The summed E-state index contributed by atoms with van der Waals surface area (Å²) in [6, 6.07) is 3.94. The summed E-state index contributed by atoms with van der Waals surface area (Å²) in [5.41, 5.74) is 2.11. The number of anilines is 1. The number of nitrogens with zero attached hydrogens (tertiary/aromatic N) is 4. The Labute approximate surface area is 105 Å². The summed E-state index contributed by atoms with van der Waals surface area (Å²) in [6.45, 7) is 2.62. The molecule has 0 aliphatic heterocycles. The van der Waals surface area contributed by atoms with Crippen molar-refractivity contribution in [3.63, 3.8) is 0 Å². The second-order valence-electron chi connectivity index (χ2n) is 3.61. The third kappa shape index (κ3) is 2.65. The Morgan fingerprint density at radius 3 is 2.88 bits per heavy atom. The zero-order chi connectivity index (χ0) is 12.3. The molecular formula is C11H13N5S. The highest BCUT2D eigenvalue weighted by atomic mass is 32.1. The lowest BCUT2D eigenvalue weighted by Gasteiger charge is -2.08. The molecule has 2 aromatic heterocycles. The van der Waals surface area contributed by atoms with Crippen molar-refractivity contribution in [1.82, 2.24) is 19.5 Å². The minimum Gasteiger partial charge on any atom is -0.357 e. The van der Waals surface area contributed by atoms with E-state index in [0.29, 0.717) is 17.3 Å². The van der Waals surface area contributed by atoms with E-state index in [1.807, 2.05) is 19.1 Å². The highest BCUT2D eigenvalue weighted by molar-refractivity contribution is 7.71. The molecule has 17 heavy (non-hydrogen) atoms. The van der Waals surface area contributed by atoms with Gasteiger partial charge in [0.2, 0.25) is 10.7 Å². The Morgan fingerprint density at radius 2 is 2.24 bits per heavy atom. The Bertz CT molecular complexity index is 578. The lowest BCUT2D eigenvalue weighted by atomic mass is 10.2. The molecule has 2 aromatic rings. The van der Waals surface area contributed by atoms with Crippen molar-refractivity contribution in [3.8, 4) is 0 Å². The van der Waals surface area contributed by atoms with Gasteiger partial charge in [-0.25, -0.2) is 4.98 Å². The average molecular weight is 247 g/mol. The predicted molar refractivity (Wildman–Crippen MR) is 68.5 cm³/mol. The minimum absolute atomic E-state index is 0.495. The highest BCUT2D eigenvalue weighted by Crippen LogP contribution is 2.06. The first kappa shape index (κ1) is 11.7. The number of aromatic nitrogens is 4. The standard InChI is InChI=1S/C11H13N5S/c1-8-4-3-5-13-9(8)6-16-7-14-10(12-2)15-11(16)17/h3-5,7H,6H2,1-2H3,(H,12,15,17). The van der Waals surface area contributed by atoms with Gasteiger partial charge in [0.15, 0.2) is 0 Å². The average Bonchev–Trinajstić information content (AvgIpc) is 2.34. The van der Waals surface area contributed by atoms with E-state index in [1.165, 1.54) is 0 Å². The van der Waals surface area contributed by atoms with Crippen LogP contribution in [0, 0.1) is 11.7 Å². The third-order valence-corrected chi connectivity index (χ3v) is 2.75. The van der Waals surface area contributed by atoms with Gasteiger partial charge in [-0.15, -0.1) is 0 Å². The third-order valence-electron chi connectivity index (χ3n) is 2.43. The van der Waals surface area contributed by atoms with Crippen LogP contribution >= 0.6 is 12.2 Å². The van der Waals surface area contributed by atoms with Crippen LogP contribution in [0.1, 0.15) is 11.3 Å². The number of rotatable bonds is 3. The van der Waals surface area contributed by atoms with Crippen LogP contribution in [-0.2, 0) is 6.54 Å². The Balaban J connectivity index is 2.31. The molecule has 2 rings (SSSR count). The van der Waals surface area contributed by atoms with Gasteiger partial charge in [-0.2, -0.15) is 4.98 Å². The van der Waals surface area contributed by atoms with Gasteiger partial charge in [-0.1, -0.05) is 6.07 Å². The molecule has 0 bridgehead atoms. The highest BCUT2D eigenvalue weighted by Gasteiger charge is 2.02. The number of hydrogen-bond donors (Lipinski definition) is 1. The maximum Gasteiger partial charge on any atom is 0.226 e. The minimum atomic E-state index is 0.495. The first-order chi connectivity index (χ1) is 8.20. The molecule has 2 heterocycles. The van der Waals surface area contributed by atoms with Crippen LogP contribution < -0.4 is 5.32 Å². The molecule has 0 aliphatic rings. The molecule has 0 saturated heterocycles. The Morgan fingerprint density at radius 1 is 1.41 bits per heavy atom. The van der Waals surface area contributed by atoms with Crippen molar-refractivity contribution in [2.75, 3.05) is 12.4 Å². The molecular weight excluding hydrogens is 234 g/mol. The largest absolute Gasteiger partial charge is 0.357 e. The summed E-state index contributed by atoms with van der Waals surface area (Å²) in [7, 11) is 1.76. The van der Waals surface area contributed by atoms with E-state index in [1.54, 1.807) is 24.1 Å². The van der Waals surface area contributed by atoms with E-state index in [0.717, 1.165) is 11.3 Å². The molecule has 6 heteroatoms. The van der Waals surface area contributed by atoms with Gasteiger partial charge in [-0.05, 0) is 30.8 Å². The molecule has 0 saturated carbocycles. The number of pyridine rings is 1. The Kier molecular flexibility index (Phi) is 3.43. The quantitative estimate of drug-likeness (QED) is 0.838. The van der Waals surface area contributed by atoms with E-state index in [9.17, 15) is 0 Å². The maximum atomic E-state index is 5.19. The first-order valence-corrected chi connectivity index (χ1v) is 5.63. The van der Waals surface area contributed by atoms with Crippen LogP contribution in [-0.4, -0.2) is 26.6 Å². The van der Waals surface area contributed by atoms with Gasteiger partial charge >= 0.3 is 0 Å². The van der Waals surface area contributed by atoms with E-state index in [4.69, 9.17) is 12.2 Å². The number of hydrogen-bond acceptors (Lipinski definition) is 5. The van der Waals surface area contributed by atoms with Crippen molar-refractivity contribution in [2.24, 2.45) is 0 Å². The fourth-order valence-electron chi connectivity index (χ4n) is 1.43. The fourth-order valence-corrected chi connectivity index (χ4v) is 1.63. The van der Waals surface area contributed by atoms with Crippen molar-refractivity contribution >= 4 is 18.2 Å². The number of aryl methyl sites for hydroxylation is 1. The van der Waals surface area contributed by atoms with Crippen molar-refractivity contribution in [3.05, 3.63) is 40.7 Å². The molecule has 5 nitrogen and oxygen atoms in total. The molecule has 0 spiro atoms. The summed E-state index contributed by atoms with van der Waals surface area (Å²) in [5.74, 6) is 0.531. The van der Waals surface area contributed by atoms with Crippen LogP contribution in [0.2, 0.25) is 0 Å². The lowest BCUT2D eigenvalue weighted by Crippen LogP contribution is -2.09. The van der Waals surface area contributed by atoms with Crippen LogP contribution in [0.4, 0.5) is 5.95 Å². The zero-order valence-corrected chi connectivity index (χ0v) is 10.5. The van der Waals surface area contributed by atoms with E-state index in [-0.39, 0.29) is 0 Å². The molecule has 0 amide bonds. The van der Waals surface area contributed by atoms with Gasteiger partial charge in [0.1, 0.15) is 6.33 Å². The van der Waals surface area contributed by atoms with E-state index < -0.39 is 0 Å². The molecule has 0 atom stereocenters. The number of nitrogens with one attached hydrogen (secondary N) is 1. The zero-order valence-electron chi connectivity index (χ0n) is 9.71. The van der Waals surface area contributed by atoms with Crippen molar-refractivity contribution < 1.29 is 0 Å². The first-order valence-electron chi connectivity index (χ1n) is 5.22. The molecule has 0 unspecified atom stereocenters. The van der Waals surface area contributed by atoms with Crippen LogP contribution in [0.5, 0.6) is 0 Å². The maximum absolute atomic E-state index is 5.19. The van der Waals surface area contributed by atoms with Crippen LogP contribution in [0.15, 0.2) is 24.7 Å². The molecule has 1 N–H and O–H groups in total. The predicted octanol–water partition coefficient (Wildman–Crippen LogP) is 1.80. The molecule has 0 radical (unpaired) electrons. The molecule has 0 aromatic carbocycles. The van der Waals surface area contributed by atoms with Crippen LogP contribution in [0.25, 0.3) is 0 Å². The normalized spacial score (nSPS) is 10.2. The summed E-state index contributed by atoms with van der Waals surface area (Å²) in [5, 5.41) is 2.85. The summed E-state index contributed by atoms with van der Waals surface area (Å²) >= 11 is 5.19. The second kappa shape index (κ2) is 5.01. The van der Waals surface area contributed by atoms with E-state index in [2.05, 4.69) is 20.3 Å². The molecule has 88 valence electrons. The van der Waals surface area contributed by atoms with Gasteiger partial charge in [0, 0.05) is 13.2 Å². The van der Waals surface area contributed by atoms with Crippen molar-refractivity contribution in [1.29, 1.82) is 0 Å². The van der Waals surface area contributed by atoms with Gasteiger partial charge in [-0.3, -0.25) is 4.98 Å². The fraction of sp³-hybridized carbons (Fsp3) is 0.273. The van der Waals surface area contributed by atoms with Gasteiger partial charge < -0.3 is 9.88 Å². The second-order valence-corrected chi connectivity index (χ2v) is 3.97. The summed E-state index contributed by atoms with van der Waals surface area (Å²) in [6.07, 6.45) is 3.45. The summed E-state index contributed by atoms with van der Waals surface area (Å²) < 4.78 is 2.29. The SMILES string of the molecule is CNc1ncn(Cc2ncccc2C)c(=S)n1. The molecule has 0 fully saturated rings. The van der Waals surface area contributed by atoms with E-state index >= 15 is 0 Å². The molecule has 0 aliphatic carbocycles. The topological polar surface area (TPSA) is 55.6 Å².